The van der Waals surface area contributed by atoms with Crippen molar-refractivity contribution in [1.29, 1.82) is 0 Å². The first-order valence-corrected chi connectivity index (χ1v) is 12.3. The molecule has 0 amide bonds. The molecule has 8 heteroatoms. The summed E-state index contributed by atoms with van der Waals surface area (Å²) < 4.78 is 1.97. The van der Waals surface area contributed by atoms with Gasteiger partial charge in [-0.2, -0.15) is 5.10 Å². The van der Waals surface area contributed by atoms with E-state index in [1.165, 1.54) is 6.33 Å². The average molecular weight is 499 g/mol. The molecule has 7 nitrogen and oxygen atoms in total. The number of benzene rings is 2. The highest BCUT2D eigenvalue weighted by Crippen LogP contribution is 2.28. The number of aromatic nitrogens is 4. The number of piperidine rings is 1. The van der Waals surface area contributed by atoms with Crippen molar-refractivity contribution in [1.82, 2.24) is 24.6 Å². The molecule has 0 radical (unpaired) electrons. The van der Waals surface area contributed by atoms with Crippen LogP contribution < -0.4 is 5.73 Å². The molecule has 0 spiro atoms. The van der Waals surface area contributed by atoms with Crippen LogP contribution in [0.25, 0.3) is 11.0 Å². The predicted molar refractivity (Wildman–Crippen MR) is 142 cm³/mol. The molecule has 0 bridgehead atoms. The van der Waals surface area contributed by atoms with Crippen molar-refractivity contribution in [2.75, 3.05) is 25.9 Å². The summed E-state index contributed by atoms with van der Waals surface area (Å²) in [5.41, 5.74) is 10.9. The van der Waals surface area contributed by atoms with Crippen LogP contribution >= 0.6 is 11.6 Å². The molecule has 2 aromatic heterocycles. The fraction of sp³-hybridized carbons (Fsp3) is 0.286. The van der Waals surface area contributed by atoms with Crippen LogP contribution in [0.4, 0.5) is 5.82 Å². The molecule has 1 aliphatic heterocycles. The number of nitrogen functional groups attached to an aromatic ring is 1. The average Bonchev–Trinajstić information content (AvgIpc) is 3.24. The number of rotatable bonds is 4. The largest absolute Gasteiger partial charge is 0.383 e. The highest BCUT2D eigenvalue weighted by atomic mass is 35.5. The van der Waals surface area contributed by atoms with Gasteiger partial charge >= 0.3 is 0 Å². The molecule has 4 aromatic rings. The summed E-state index contributed by atoms with van der Waals surface area (Å²) in [6.07, 6.45) is 3.73. The molecule has 2 N–H and O–H groups in total. The van der Waals surface area contributed by atoms with Gasteiger partial charge in [0.25, 0.3) is 0 Å². The molecule has 182 valence electrons. The summed E-state index contributed by atoms with van der Waals surface area (Å²) in [6, 6.07) is 13.2. The monoisotopic (exact) mass is 498 g/mol. The number of halogens is 1. The number of ketones is 1. The normalized spacial score (nSPS) is 14.5. The molecule has 5 rings (SSSR count). The first kappa shape index (κ1) is 24.0. The van der Waals surface area contributed by atoms with Gasteiger partial charge in [0, 0.05) is 22.6 Å². The van der Waals surface area contributed by atoms with Gasteiger partial charge in [0.15, 0.2) is 11.4 Å². The first-order chi connectivity index (χ1) is 17.4. The second-order valence-electron chi connectivity index (χ2n) is 9.29. The van der Waals surface area contributed by atoms with Crippen molar-refractivity contribution in [3.63, 3.8) is 0 Å². The zero-order valence-corrected chi connectivity index (χ0v) is 21.1. The van der Waals surface area contributed by atoms with Crippen LogP contribution in [0.5, 0.6) is 0 Å². The standard InChI is InChI=1S/C28H27ClN6O/c1-18-6-7-19(15-25(36)21-4-3-5-22(29)16-21)14-20(18)8-9-24-26-27(30)31-17-32-28(26)35(33-24)23-10-12-34(2)13-11-23/h3-7,14,16-17,23H,10-13,15H2,1-2H3,(H2,30,31,32). The third-order valence-corrected chi connectivity index (χ3v) is 6.92. The zero-order valence-electron chi connectivity index (χ0n) is 20.3. The van der Waals surface area contributed by atoms with Gasteiger partial charge in [-0.25, -0.2) is 14.6 Å². The van der Waals surface area contributed by atoms with Crippen molar-refractivity contribution < 1.29 is 4.79 Å². The summed E-state index contributed by atoms with van der Waals surface area (Å²) in [4.78, 5) is 23.8. The van der Waals surface area contributed by atoms with Gasteiger partial charge in [-0.3, -0.25) is 4.79 Å². The smallest absolute Gasteiger partial charge is 0.167 e. The number of hydrogen-bond acceptors (Lipinski definition) is 6. The van der Waals surface area contributed by atoms with Gasteiger partial charge in [-0.05, 0) is 75.1 Å². The maximum absolute atomic E-state index is 12.8. The van der Waals surface area contributed by atoms with Gasteiger partial charge < -0.3 is 10.6 Å². The lowest BCUT2D eigenvalue weighted by molar-refractivity contribution is 0.0993. The van der Waals surface area contributed by atoms with E-state index < -0.39 is 0 Å². The van der Waals surface area contributed by atoms with Gasteiger partial charge in [0.1, 0.15) is 17.8 Å². The lowest BCUT2D eigenvalue weighted by Crippen LogP contribution is -2.32. The Balaban J connectivity index is 1.46. The number of carbonyl (C=O) groups is 1. The van der Waals surface area contributed by atoms with E-state index >= 15 is 0 Å². The van der Waals surface area contributed by atoms with Gasteiger partial charge in [0.05, 0.1) is 11.4 Å². The molecule has 0 atom stereocenters. The minimum atomic E-state index is 0.00745. The van der Waals surface area contributed by atoms with Crippen LogP contribution in [0.3, 0.4) is 0 Å². The second kappa shape index (κ2) is 10.1. The quantitative estimate of drug-likeness (QED) is 0.330. The van der Waals surface area contributed by atoms with Crippen LogP contribution in [0.15, 0.2) is 48.8 Å². The maximum Gasteiger partial charge on any atom is 0.167 e. The number of anilines is 1. The fourth-order valence-electron chi connectivity index (χ4n) is 4.57. The van der Waals surface area contributed by atoms with Crippen molar-refractivity contribution in [2.24, 2.45) is 0 Å². The van der Waals surface area contributed by atoms with Crippen LogP contribution in [-0.2, 0) is 6.42 Å². The Bertz CT molecular complexity index is 1510. The third kappa shape index (κ3) is 4.97. The Labute approximate surface area is 215 Å². The molecule has 0 unspecified atom stereocenters. The minimum absolute atomic E-state index is 0.00745. The van der Waals surface area contributed by atoms with E-state index in [9.17, 15) is 4.79 Å². The van der Waals surface area contributed by atoms with Crippen molar-refractivity contribution in [2.45, 2.75) is 32.2 Å². The summed E-state index contributed by atoms with van der Waals surface area (Å²) >= 11 is 6.05. The number of fused-ring (bicyclic) bond motifs is 1. The predicted octanol–water partition coefficient (Wildman–Crippen LogP) is 4.46. The topological polar surface area (TPSA) is 89.9 Å². The molecular formula is C28H27ClN6O. The number of carbonyl (C=O) groups excluding carboxylic acids is 1. The van der Waals surface area contributed by atoms with Crippen LogP contribution in [0, 0.1) is 18.8 Å². The number of aryl methyl sites for hydroxylation is 1. The molecule has 1 saturated heterocycles. The minimum Gasteiger partial charge on any atom is -0.383 e. The maximum atomic E-state index is 12.8. The highest BCUT2D eigenvalue weighted by Gasteiger charge is 2.24. The first-order valence-electron chi connectivity index (χ1n) is 12.0. The van der Waals surface area contributed by atoms with Gasteiger partial charge in [0.2, 0.25) is 0 Å². The Kier molecular flexibility index (Phi) is 6.73. The molecular weight excluding hydrogens is 472 g/mol. The number of nitrogens with zero attached hydrogens (tertiary/aromatic N) is 5. The number of Topliss-reactive ketones (excluding diaryl/α,β-unsaturated/α-hetero) is 1. The Morgan fingerprint density at radius 2 is 1.94 bits per heavy atom. The lowest BCUT2D eigenvalue weighted by atomic mass is 9.99. The number of hydrogen-bond donors (Lipinski definition) is 1. The van der Waals surface area contributed by atoms with E-state index in [4.69, 9.17) is 22.4 Å². The van der Waals surface area contributed by atoms with Crippen molar-refractivity contribution in [3.05, 3.63) is 81.8 Å². The summed E-state index contributed by atoms with van der Waals surface area (Å²) in [5, 5.41) is 6.07. The lowest BCUT2D eigenvalue weighted by Gasteiger charge is -2.29. The molecule has 36 heavy (non-hydrogen) atoms. The van der Waals surface area contributed by atoms with Crippen LogP contribution in [0.1, 0.15) is 51.6 Å². The van der Waals surface area contributed by atoms with Crippen molar-refractivity contribution in [3.8, 4) is 11.8 Å². The third-order valence-electron chi connectivity index (χ3n) is 6.68. The molecule has 3 heterocycles. The van der Waals surface area contributed by atoms with E-state index in [-0.39, 0.29) is 18.2 Å². The Morgan fingerprint density at radius 3 is 2.72 bits per heavy atom. The summed E-state index contributed by atoms with van der Waals surface area (Å²) in [7, 11) is 2.13. The Morgan fingerprint density at radius 1 is 1.14 bits per heavy atom. The zero-order chi connectivity index (χ0) is 25.2. The van der Waals surface area contributed by atoms with Crippen molar-refractivity contribution >= 4 is 34.2 Å². The summed E-state index contributed by atoms with van der Waals surface area (Å²) in [6.45, 7) is 4.01. The number of likely N-dealkylation sites (tertiary alicyclic amines) is 1. The SMILES string of the molecule is Cc1ccc(CC(=O)c2cccc(Cl)c2)cc1C#Cc1nn(C2CCN(C)CC2)c2ncnc(N)c12. The van der Waals surface area contributed by atoms with Gasteiger partial charge in [-0.15, -0.1) is 0 Å². The second-order valence-corrected chi connectivity index (χ2v) is 9.73. The Hall–Kier alpha value is -3.73. The molecule has 1 aliphatic rings. The summed E-state index contributed by atoms with van der Waals surface area (Å²) in [5.74, 6) is 6.86. The highest BCUT2D eigenvalue weighted by molar-refractivity contribution is 6.31. The molecule has 0 saturated carbocycles. The van der Waals surface area contributed by atoms with E-state index in [0.29, 0.717) is 27.5 Å². The van der Waals surface area contributed by atoms with E-state index in [2.05, 4.69) is 33.8 Å². The molecule has 0 aliphatic carbocycles. The van der Waals surface area contributed by atoms with Crippen LogP contribution in [0.2, 0.25) is 5.02 Å². The van der Waals surface area contributed by atoms with E-state index in [0.717, 1.165) is 48.3 Å². The van der Waals surface area contributed by atoms with Crippen LogP contribution in [-0.4, -0.2) is 50.6 Å². The van der Waals surface area contributed by atoms with E-state index in [1.807, 2.05) is 29.8 Å². The molecule has 2 aromatic carbocycles. The fourth-order valence-corrected chi connectivity index (χ4v) is 4.76. The van der Waals surface area contributed by atoms with Gasteiger partial charge in [-0.1, -0.05) is 41.8 Å². The molecule has 1 fully saturated rings. The number of nitrogens with two attached hydrogens (primary N) is 1. The van der Waals surface area contributed by atoms with E-state index in [1.54, 1.807) is 24.3 Å².